The summed E-state index contributed by atoms with van der Waals surface area (Å²) >= 11 is 13.6. The van der Waals surface area contributed by atoms with Gasteiger partial charge in [-0.25, -0.2) is 9.97 Å². The Bertz CT molecular complexity index is 1870. The largest absolute Gasteiger partial charge is 2.00 e. The van der Waals surface area contributed by atoms with Crippen LogP contribution in [0, 0.1) is 0 Å². The zero-order valence-electron chi connectivity index (χ0n) is 38.3. The van der Waals surface area contributed by atoms with Crippen molar-refractivity contribution in [3.63, 3.8) is 0 Å². The Balaban J connectivity index is 0.00000925. The fourth-order valence-electron chi connectivity index (χ4n) is 6.09. The van der Waals surface area contributed by atoms with Crippen LogP contribution in [0.1, 0.15) is 22.8 Å². The zero-order chi connectivity index (χ0) is 45.5. The van der Waals surface area contributed by atoms with Gasteiger partial charge in [0.2, 0.25) is 0 Å². The van der Waals surface area contributed by atoms with Gasteiger partial charge in [-0.1, -0.05) is 22.1 Å². The van der Waals surface area contributed by atoms with Crippen LogP contribution in [0.4, 0.5) is 0 Å². The Morgan fingerprint density at radius 3 is 0.692 bits per heavy atom. The molecule has 0 N–H and O–H groups in total. The molecule has 362 valence electrons. The van der Waals surface area contributed by atoms with Crippen LogP contribution in [-0.2, 0) is 40.0 Å². The van der Waals surface area contributed by atoms with Crippen LogP contribution in [0.25, 0.3) is 45.1 Å². The predicted octanol–water partition coefficient (Wildman–Crippen LogP) is 9.71. The second-order valence-corrected chi connectivity index (χ2v) is 21.4. The van der Waals surface area contributed by atoms with Crippen LogP contribution < -0.4 is 28.9 Å². The van der Waals surface area contributed by atoms with Gasteiger partial charge in [0.1, 0.15) is 45.8 Å². The van der Waals surface area contributed by atoms with Crippen LogP contribution in [0.5, 0.6) is 23.0 Å². The van der Waals surface area contributed by atoms with Crippen molar-refractivity contribution in [1.82, 2.24) is 19.9 Å². The van der Waals surface area contributed by atoms with Gasteiger partial charge in [-0.05, 0) is 74.3 Å². The summed E-state index contributed by atoms with van der Waals surface area (Å²) in [5, 5.41) is 0. The van der Waals surface area contributed by atoms with Crippen LogP contribution in [0.15, 0.2) is 24.3 Å². The molecule has 0 amide bonds. The maximum absolute atomic E-state index is 6.59. The van der Waals surface area contributed by atoms with Crippen molar-refractivity contribution in [3.05, 3.63) is 47.0 Å². The van der Waals surface area contributed by atoms with E-state index in [9.17, 15) is 0 Å². The third-order valence-corrected chi connectivity index (χ3v) is 13.6. The molecule has 3 aromatic rings. The maximum atomic E-state index is 6.59. The Morgan fingerprint density at radius 2 is 0.508 bits per heavy atom. The summed E-state index contributed by atoms with van der Waals surface area (Å²) in [6.45, 7) is 3.52. The predicted molar refractivity (Wildman–Crippen MR) is 285 cm³/mol. The number of rotatable bonds is 32. The molecule has 0 saturated heterocycles. The molecular formula is C44H60N4O8PtS8. The average Bonchev–Trinajstić information content (AvgIpc) is 3.99. The maximum Gasteiger partial charge on any atom is 2.00 e. The second kappa shape index (κ2) is 31.6. The first-order chi connectivity index (χ1) is 31.5. The zero-order valence-corrected chi connectivity index (χ0v) is 47.1. The molecule has 21 heteroatoms. The van der Waals surface area contributed by atoms with Crippen molar-refractivity contribution in [2.24, 2.45) is 0 Å². The first-order valence-electron chi connectivity index (χ1n) is 20.6. The number of thioether (sulfide) groups is 8. The Hall–Kier alpha value is -1.51. The van der Waals surface area contributed by atoms with Crippen molar-refractivity contribution in [1.29, 1.82) is 0 Å². The van der Waals surface area contributed by atoms with Gasteiger partial charge in [0.25, 0.3) is 0 Å². The summed E-state index contributed by atoms with van der Waals surface area (Å²) in [7, 11) is 0. The SMILES string of the molecule is CSCCOC1=C(OCCSC)c2cc3[n-]c(cc4nc(cc5[n-]c(cc1n2)c(OCCSC)c5OCCSC)C(OCCSC)=C4OCCSC)c(OCCSC)c3OCCSC.[Pt+2]. The third-order valence-electron chi connectivity index (χ3n) is 9.01. The van der Waals surface area contributed by atoms with E-state index in [1.165, 1.54) is 0 Å². The van der Waals surface area contributed by atoms with E-state index < -0.39 is 0 Å². The Morgan fingerprint density at radius 1 is 0.323 bits per heavy atom. The van der Waals surface area contributed by atoms with Crippen molar-refractivity contribution < 1.29 is 59.0 Å². The number of hydrogen-bond donors (Lipinski definition) is 0. The van der Waals surface area contributed by atoms with E-state index in [2.05, 4.69) is 50.0 Å². The summed E-state index contributed by atoms with van der Waals surface area (Å²) in [5.41, 5.74) is 4.27. The topological polar surface area (TPSA) is 128 Å². The smallest absolute Gasteiger partial charge is 0.652 e. The minimum atomic E-state index is 0. The number of nitrogens with zero attached hydrogens (tertiary/aromatic N) is 4. The first-order valence-corrected chi connectivity index (χ1v) is 31.8. The summed E-state index contributed by atoms with van der Waals surface area (Å²) in [6.07, 6.45) is 16.4. The molecule has 0 fully saturated rings. The second-order valence-electron chi connectivity index (χ2n) is 13.5. The quantitative estimate of drug-likeness (QED) is 0.0550. The van der Waals surface area contributed by atoms with E-state index in [0.717, 1.165) is 46.0 Å². The van der Waals surface area contributed by atoms with Gasteiger partial charge in [0, 0.05) is 46.0 Å². The normalized spacial score (nSPS) is 12.3. The molecule has 0 aliphatic carbocycles. The number of fused-ring (bicyclic) bond motifs is 8. The standard InChI is InChI=1S/C44H60N4O8S8.Pt/c1-57-17-9-49-37-29-25-31-39(51-11-19-59-3)41(53-13-21-61-5)33(46-31)27-35-43(55-15-23-63-7)44(56-16-24-64-8)36(48-35)28-34-42(54-14-22-62-6)40(52-12-20-60-4)32(47-34)26-30(45-29)38(37)50-10-18-58-2;/h25-28H,9-24H2,1-8H3;/q-2;+2. The molecule has 3 aromatic heterocycles. The molecule has 2 aliphatic heterocycles. The summed E-state index contributed by atoms with van der Waals surface area (Å²) in [5.74, 6) is 10.2. The Kier molecular flexibility index (Phi) is 27.2. The molecule has 0 radical (unpaired) electrons. The number of ether oxygens (including phenoxy) is 8. The molecule has 0 saturated carbocycles. The van der Waals surface area contributed by atoms with E-state index in [4.69, 9.17) is 57.8 Å². The van der Waals surface area contributed by atoms with Crippen LogP contribution in [0.3, 0.4) is 0 Å². The number of aromatic nitrogens is 4. The van der Waals surface area contributed by atoms with Gasteiger partial charge >= 0.3 is 21.1 Å². The average molecular weight is 1220 g/mol. The summed E-state index contributed by atoms with van der Waals surface area (Å²) in [4.78, 5) is 20.9. The minimum Gasteiger partial charge on any atom is -0.652 e. The van der Waals surface area contributed by atoms with Crippen molar-refractivity contribution in [2.75, 3.05) is 149 Å². The van der Waals surface area contributed by atoms with E-state index >= 15 is 0 Å². The Labute approximate surface area is 433 Å². The van der Waals surface area contributed by atoms with Crippen LogP contribution >= 0.6 is 94.1 Å². The van der Waals surface area contributed by atoms with Gasteiger partial charge in [-0.2, -0.15) is 94.1 Å². The van der Waals surface area contributed by atoms with E-state index in [1.54, 1.807) is 94.1 Å². The molecule has 0 unspecified atom stereocenters. The van der Waals surface area contributed by atoms with Crippen molar-refractivity contribution >= 4 is 139 Å². The van der Waals surface area contributed by atoms with E-state index in [0.29, 0.717) is 144 Å². The van der Waals surface area contributed by atoms with Gasteiger partial charge < -0.3 is 47.9 Å². The molecule has 0 atom stereocenters. The first kappa shape index (κ1) is 56.1. The van der Waals surface area contributed by atoms with Crippen LogP contribution in [0.2, 0.25) is 0 Å². The summed E-state index contributed by atoms with van der Waals surface area (Å²) < 4.78 is 52.7. The van der Waals surface area contributed by atoms with Gasteiger partial charge in [-0.3, -0.25) is 0 Å². The van der Waals surface area contributed by atoms with E-state index in [-0.39, 0.29) is 21.1 Å². The fourth-order valence-corrected chi connectivity index (χ4v) is 8.09. The summed E-state index contributed by atoms with van der Waals surface area (Å²) in [6, 6.07) is 7.58. The molecule has 12 nitrogen and oxygen atoms in total. The minimum absolute atomic E-state index is 0. The molecule has 0 spiro atoms. The van der Waals surface area contributed by atoms with Crippen molar-refractivity contribution in [3.8, 4) is 23.0 Å². The molecule has 2 aliphatic rings. The van der Waals surface area contributed by atoms with Crippen LogP contribution in [-0.4, -0.2) is 159 Å². The molecular weight excluding hydrogens is 1160 g/mol. The molecule has 5 rings (SSSR count). The van der Waals surface area contributed by atoms with Gasteiger partial charge in [-0.15, -0.1) is 0 Å². The monoisotopic (exact) mass is 1220 g/mol. The third kappa shape index (κ3) is 16.3. The van der Waals surface area contributed by atoms with E-state index in [1.807, 2.05) is 24.3 Å². The molecule has 65 heavy (non-hydrogen) atoms. The number of hydrogen-bond acceptors (Lipinski definition) is 18. The van der Waals surface area contributed by atoms with Gasteiger partial charge in [0.15, 0.2) is 23.0 Å². The van der Waals surface area contributed by atoms with Gasteiger partial charge in [0.05, 0.1) is 52.9 Å². The molecule has 5 heterocycles. The molecule has 8 bridgehead atoms. The fraction of sp³-hybridized carbons (Fsp3) is 0.545. The van der Waals surface area contributed by atoms with Crippen molar-refractivity contribution in [2.45, 2.75) is 0 Å². The molecule has 0 aromatic carbocycles.